The Morgan fingerprint density at radius 2 is 1.80 bits per heavy atom. The molecule has 2 nitrogen and oxygen atoms in total. The molecule has 0 aliphatic rings. The summed E-state index contributed by atoms with van der Waals surface area (Å²) in [4.78, 5) is 11.7. The molecule has 0 N–H and O–H groups in total. The SMILES string of the molecule is CCOC(=O)/C=C(\C=C(SC)SC)c1ccc(Br)cc1. The van der Waals surface area contributed by atoms with E-state index in [9.17, 15) is 4.79 Å². The van der Waals surface area contributed by atoms with Gasteiger partial charge < -0.3 is 4.74 Å². The second-order valence-electron chi connectivity index (χ2n) is 3.73. The number of halogens is 1. The molecule has 0 unspecified atom stereocenters. The van der Waals surface area contributed by atoms with Crippen LogP contribution in [0, 0.1) is 0 Å². The van der Waals surface area contributed by atoms with Crippen LogP contribution in [0.25, 0.3) is 5.57 Å². The van der Waals surface area contributed by atoms with Crippen molar-refractivity contribution >= 4 is 51.0 Å². The molecule has 5 heteroatoms. The number of benzene rings is 1. The minimum Gasteiger partial charge on any atom is -0.463 e. The number of allylic oxidation sites excluding steroid dienone is 2. The summed E-state index contributed by atoms with van der Waals surface area (Å²) in [6, 6.07) is 7.87. The molecule has 0 saturated carbocycles. The Morgan fingerprint density at radius 1 is 1.20 bits per heavy atom. The third-order valence-corrected chi connectivity index (χ3v) is 4.98. The molecule has 1 aromatic rings. The van der Waals surface area contributed by atoms with Crippen molar-refractivity contribution in [1.29, 1.82) is 0 Å². The molecule has 108 valence electrons. The average Bonchev–Trinajstić information content (AvgIpc) is 2.44. The zero-order valence-electron chi connectivity index (χ0n) is 11.7. The minimum absolute atomic E-state index is 0.316. The smallest absolute Gasteiger partial charge is 0.331 e. The van der Waals surface area contributed by atoms with Crippen LogP contribution in [-0.4, -0.2) is 25.1 Å². The van der Waals surface area contributed by atoms with Crippen LogP contribution >= 0.6 is 39.5 Å². The van der Waals surface area contributed by atoms with Crippen molar-refractivity contribution < 1.29 is 9.53 Å². The minimum atomic E-state index is -0.316. The van der Waals surface area contributed by atoms with Gasteiger partial charge in [0.1, 0.15) is 0 Å². The second-order valence-corrected chi connectivity index (χ2v) is 6.60. The lowest BCUT2D eigenvalue weighted by Crippen LogP contribution is -2.00. The van der Waals surface area contributed by atoms with Crippen molar-refractivity contribution in [2.75, 3.05) is 19.1 Å². The highest BCUT2D eigenvalue weighted by atomic mass is 79.9. The van der Waals surface area contributed by atoms with E-state index < -0.39 is 0 Å². The summed E-state index contributed by atoms with van der Waals surface area (Å²) in [5.74, 6) is -0.316. The standard InChI is InChI=1S/C15H17BrO2S2/c1-4-18-14(17)9-12(10-15(19-2)20-3)11-5-7-13(16)8-6-11/h5-10H,4H2,1-3H3/b12-9+. The van der Waals surface area contributed by atoms with Gasteiger partial charge in [0.15, 0.2) is 0 Å². The molecular formula is C15H17BrO2S2. The van der Waals surface area contributed by atoms with Crippen LogP contribution in [0.4, 0.5) is 0 Å². The molecular weight excluding hydrogens is 356 g/mol. The highest BCUT2D eigenvalue weighted by Gasteiger charge is 2.05. The number of carbonyl (C=O) groups is 1. The Labute approximate surface area is 137 Å². The van der Waals surface area contributed by atoms with Crippen LogP contribution in [0.15, 0.2) is 45.1 Å². The fourth-order valence-electron chi connectivity index (χ4n) is 1.49. The molecule has 0 heterocycles. The summed E-state index contributed by atoms with van der Waals surface area (Å²) in [6.45, 7) is 2.18. The number of hydrogen-bond acceptors (Lipinski definition) is 4. The molecule has 20 heavy (non-hydrogen) atoms. The van der Waals surface area contributed by atoms with Gasteiger partial charge in [-0.25, -0.2) is 4.79 Å². The lowest BCUT2D eigenvalue weighted by atomic mass is 10.1. The summed E-state index contributed by atoms with van der Waals surface area (Å²) in [7, 11) is 0. The van der Waals surface area contributed by atoms with Crippen LogP contribution in [0.3, 0.4) is 0 Å². The molecule has 0 radical (unpaired) electrons. The van der Waals surface area contributed by atoms with Crippen molar-refractivity contribution in [3.05, 3.63) is 50.7 Å². The van der Waals surface area contributed by atoms with E-state index in [2.05, 4.69) is 15.9 Å². The van der Waals surface area contributed by atoms with Crippen molar-refractivity contribution in [1.82, 2.24) is 0 Å². The van der Waals surface area contributed by atoms with E-state index in [1.165, 1.54) is 0 Å². The fraction of sp³-hybridized carbons (Fsp3) is 0.267. The number of esters is 1. The quantitative estimate of drug-likeness (QED) is 0.400. The Bertz CT molecular complexity index is 501. The van der Waals surface area contributed by atoms with E-state index in [0.29, 0.717) is 6.61 Å². The van der Waals surface area contributed by atoms with Gasteiger partial charge in [-0.05, 0) is 48.8 Å². The molecule has 0 aromatic heterocycles. The Kier molecular flexibility index (Phi) is 8.11. The Morgan fingerprint density at radius 3 is 2.30 bits per heavy atom. The predicted molar refractivity (Wildman–Crippen MR) is 93.9 cm³/mol. The number of rotatable bonds is 6. The number of thioether (sulfide) groups is 2. The Balaban J connectivity index is 3.16. The molecule has 0 atom stereocenters. The van der Waals surface area contributed by atoms with Gasteiger partial charge in [-0.2, -0.15) is 0 Å². The summed E-state index contributed by atoms with van der Waals surface area (Å²) in [5, 5.41) is 0. The Hall–Kier alpha value is -0.650. The average molecular weight is 373 g/mol. The second kappa shape index (κ2) is 9.32. The summed E-state index contributed by atoms with van der Waals surface area (Å²) < 4.78 is 7.15. The maximum Gasteiger partial charge on any atom is 0.331 e. The number of hydrogen-bond donors (Lipinski definition) is 0. The molecule has 0 aliphatic heterocycles. The van der Waals surface area contributed by atoms with E-state index in [1.54, 1.807) is 36.5 Å². The van der Waals surface area contributed by atoms with Gasteiger partial charge in [0.25, 0.3) is 0 Å². The molecule has 1 aromatic carbocycles. The topological polar surface area (TPSA) is 26.3 Å². The van der Waals surface area contributed by atoms with Crippen LogP contribution in [0.2, 0.25) is 0 Å². The number of carbonyl (C=O) groups excluding carboxylic acids is 1. The molecule has 0 spiro atoms. The number of ether oxygens (including phenoxy) is 1. The van der Waals surface area contributed by atoms with Gasteiger partial charge in [-0.3, -0.25) is 0 Å². The van der Waals surface area contributed by atoms with E-state index in [4.69, 9.17) is 4.74 Å². The molecule has 0 bridgehead atoms. The van der Waals surface area contributed by atoms with Gasteiger partial charge in [-0.1, -0.05) is 28.1 Å². The predicted octanol–water partition coefficient (Wildman–Crippen LogP) is 4.96. The zero-order valence-corrected chi connectivity index (χ0v) is 14.9. The normalized spacial score (nSPS) is 11.1. The van der Waals surface area contributed by atoms with E-state index in [0.717, 1.165) is 19.8 Å². The first-order valence-corrected chi connectivity index (χ1v) is 9.29. The maximum atomic E-state index is 11.7. The molecule has 1 rings (SSSR count). The van der Waals surface area contributed by atoms with Crippen LogP contribution in [0.1, 0.15) is 12.5 Å². The summed E-state index contributed by atoms with van der Waals surface area (Å²) in [6.07, 6.45) is 7.59. The van der Waals surface area contributed by atoms with Crippen LogP contribution < -0.4 is 0 Å². The van der Waals surface area contributed by atoms with Gasteiger partial charge in [0.2, 0.25) is 0 Å². The zero-order chi connectivity index (χ0) is 15.0. The van der Waals surface area contributed by atoms with E-state index >= 15 is 0 Å². The highest BCUT2D eigenvalue weighted by Crippen LogP contribution is 2.29. The van der Waals surface area contributed by atoms with E-state index in [-0.39, 0.29) is 5.97 Å². The monoisotopic (exact) mass is 372 g/mol. The fourth-order valence-corrected chi connectivity index (χ4v) is 2.91. The van der Waals surface area contributed by atoms with Gasteiger partial charge in [-0.15, -0.1) is 23.5 Å². The highest BCUT2D eigenvalue weighted by molar-refractivity contribution is 9.10. The van der Waals surface area contributed by atoms with E-state index in [1.807, 2.05) is 42.9 Å². The van der Waals surface area contributed by atoms with Crippen molar-refractivity contribution in [3.63, 3.8) is 0 Å². The molecule has 0 aliphatic carbocycles. The first-order valence-electron chi connectivity index (χ1n) is 6.04. The first-order chi connectivity index (χ1) is 9.60. The van der Waals surface area contributed by atoms with Crippen LogP contribution in [-0.2, 0) is 9.53 Å². The third-order valence-electron chi connectivity index (χ3n) is 2.41. The molecule has 0 saturated heterocycles. The molecule has 0 amide bonds. The lowest BCUT2D eigenvalue weighted by Gasteiger charge is -2.06. The largest absolute Gasteiger partial charge is 0.463 e. The third kappa shape index (κ3) is 5.77. The van der Waals surface area contributed by atoms with Crippen molar-refractivity contribution in [2.24, 2.45) is 0 Å². The first kappa shape index (κ1) is 17.4. The summed E-state index contributed by atoms with van der Waals surface area (Å²) in [5.41, 5.74) is 1.84. The van der Waals surface area contributed by atoms with Crippen molar-refractivity contribution in [3.8, 4) is 0 Å². The lowest BCUT2D eigenvalue weighted by molar-refractivity contribution is -0.137. The molecule has 0 fully saturated rings. The van der Waals surface area contributed by atoms with Gasteiger partial charge in [0.05, 0.1) is 6.61 Å². The summed E-state index contributed by atoms with van der Waals surface area (Å²) >= 11 is 6.73. The maximum absolute atomic E-state index is 11.7. The van der Waals surface area contributed by atoms with Gasteiger partial charge in [0, 0.05) is 14.8 Å². The van der Waals surface area contributed by atoms with Crippen molar-refractivity contribution in [2.45, 2.75) is 6.92 Å². The van der Waals surface area contributed by atoms with Gasteiger partial charge >= 0.3 is 5.97 Å². The van der Waals surface area contributed by atoms with Crippen LogP contribution in [0.5, 0.6) is 0 Å².